The van der Waals surface area contributed by atoms with Gasteiger partial charge in [0.1, 0.15) is 18.1 Å². The van der Waals surface area contributed by atoms with Gasteiger partial charge in [0.05, 0.1) is 0 Å². The van der Waals surface area contributed by atoms with Crippen LogP contribution in [-0.2, 0) is 27.3 Å². The number of anilines is 1. The van der Waals surface area contributed by atoms with Gasteiger partial charge in [-0.3, -0.25) is 9.59 Å². The van der Waals surface area contributed by atoms with Crippen LogP contribution in [0.3, 0.4) is 0 Å². The van der Waals surface area contributed by atoms with E-state index in [1.807, 2.05) is 51.1 Å². The summed E-state index contributed by atoms with van der Waals surface area (Å²) >= 11 is 0. The molecule has 144 valence electrons. The first-order valence-electron chi connectivity index (χ1n) is 9.08. The fourth-order valence-electron chi connectivity index (χ4n) is 2.94. The van der Waals surface area contributed by atoms with Gasteiger partial charge in [0, 0.05) is 48.8 Å². The van der Waals surface area contributed by atoms with Crippen molar-refractivity contribution in [3.63, 3.8) is 0 Å². The van der Waals surface area contributed by atoms with Crippen molar-refractivity contribution in [2.75, 3.05) is 25.6 Å². The van der Waals surface area contributed by atoms with Crippen molar-refractivity contribution in [2.45, 2.75) is 33.7 Å². The summed E-state index contributed by atoms with van der Waals surface area (Å²) in [6, 6.07) is 9.58. The summed E-state index contributed by atoms with van der Waals surface area (Å²) < 4.78 is 10.9. The molecule has 1 aliphatic rings. The largest absolute Gasteiger partial charge is 0.461 e. The van der Waals surface area contributed by atoms with Crippen LogP contribution in [0.25, 0.3) is 11.3 Å². The third-order valence-electron chi connectivity index (χ3n) is 4.60. The molecule has 2 heterocycles. The van der Waals surface area contributed by atoms with Gasteiger partial charge in [-0.2, -0.15) is 0 Å². The van der Waals surface area contributed by atoms with Gasteiger partial charge in [-0.05, 0) is 30.3 Å². The van der Waals surface area contributed by atoms with Gasteiger partial charge >= 0.3 is 0 Å². The van der Waals surface area contributed by atoms with E-state index < -0.39 is 5.41 Å². The van der Waals surface area contributed by atoms with E-state index in [0.717, 1.165) is 28.3 Å². The van der Waals surface area contributed by atoms with Crippen LogP contribution in [-0.4, -0.2) is 37.0 Å². The van der Waals surface area contributed by atoms with Crippen LogP contribution in [0.5, 0.6) is 0 Å². The molecular weight excluding hydrogens is 344 g/mol. The normalized spacial score (nSPS) is 14.0. The molecular formula is C21H26N2O4. The first kappa shape index (κ1) is 19.2. The molecule has 0 aliphatic carbocycles. The smallest absolute Gasteiger partial charge is 0.248 e. The van der Waals surface area contributed by atoms with Crippen molar-refractivity contribution >= 4 is 17.5 Å². The van der Waals surface area contributed by atoms with Gasteiger partial charge in [-0.15, -0.1) is 0 Å². The Morgan fingerprint density at radius 2 is 1.93 bits per heavy atom. The number of hydrogen-bond acceptors (Lipinski definition) is 4. The molecule has 2 aromatic rings. The fourth-order valence-corrected chi connectivity index (χ4v) is 2.94. The molecule has 0 fully saturated rings. The zero-order valence-corrected chi connectivity index (χ0v) is 16.3. The Balaban J connectivity index is 1.72. The molecule has 1 aromatic heterocycles. The number of fused-ring (bicyclic) bond motifs is 1. The Morgan fingerprint density at radius 1 is 1.22 bits per heavy atom. The Kier molecular flexibility index (Phi) is 5.37. The standard InChI is InChI=1S/C21H26N2O4/c1-21(2,3)20(25)22-16-7-5-14(6-8-16)18-11-15-12-23(19(24)13-26-4)10-9-17(15)27-18/h5-8,11H,9-10,12-13H2,1-4H3,(H,22,25). The van der Waals surface area contributed by atoms with Crippen molar-refractivity contribution in [2.24, 2.45) is 5.41 Å². The topological polar surface area (TPSA) is 71.8 Å². The van der Waals surface area contributed by atoms with Gasteiger partial charge in [0.2, 0.25) is 11.8 Å². The Hall–Kier alpha value is -2.60. The first-order chi connectivity index (χ1) is 12.8. The Morgan fingerprint density at radius 3 is 2.56 bits per heavy atom. The third-order valence-corrected chi connectivity index (χ3v) is 4.60. The molecule has 0 saturated carbocycles. The SMILES string of the molecule is COCC(=O)N1CCc2oc(-c3ccc(NC(=O)C(C)(C)C)cc3)cc2C1. The number of nitrogens with one attached hydrogen (secondary N) is 1. The average molecular weight is 370 g/mol. The van der Waals surface area contributed by atoms with Gasteiger partial charge in [-0.1, -0.05) is 20.8 Å². The summed E-state index contributed by atoms with van der Waals surface area (Å²) in [4.78, 5) is 25.9. The summed E-state index contributed by atoms with van der Waals surface area (Å²) in [5.41, 5.74) is 2.29. The van der Waals surface area contributed by atoms with Crippen LogP contribution in [0.1, 0.15) is 32.1 Å². The average Bonchev–Trinajstić information content (AvgIpc) is 3.05. The number of nitrogens with zero attached hydrogens (tertiary/aromatic N) is 1. The van der Waals surface area contributed by atoms with Gasteiger partial charge in [0.15, 0.2) is 0 Å². The highest BCUT2D eigenvalue weighted by Crippen LogP contribution is 2.30. The van der Waals surface area contributed by atoms with Gasteiger partial charge in [-0.25, -0.2) is 0 Å². The molecule has 0 bridgehead atoms. The minimum absolute atomic E-state index is 0.00940. The summed E-state index contributed by atoms with van der Waals surface area (Å²) in [5.74, 6) is 1.67. The van der Waals surface area contributed by atoms with Gasteiger partial charge < -0.3 is 19.4 Å². The molecule has 0 radical (unpaired) electrons. The van der Waals surface area contributed by atoms with E-state index in [0.29, 0.717) is 19.5 Å². The molecule has 6 heteroatoms. The van der Waals surface area contributed by atoms with Crippen LogP contribution >= 0.6 is 0 Å². The molecule has 1 aliphatic heterocycles. The number of ether oxygens (including phenoxy) is 1. The van der Waals surface area contributed by atoms with Crippen molar-refractivity contribution in [3.8, 4) is 11.3 Å². The third kappa shape index (κ3) is 4.39. The second kappa shape index (κ2) is 7.56. The van der Waals surface area contributed by atoms with E-state index in [-0.39, 0.29) is 18.4 Å². The monoisotopic (exact) mass is 370 g/mol. The number of hydrogen-bond donors (Lipinski definition) is 1. The van der Waals surface area contributed by atoms with E-state index >= 15 is 0 Å². The predicted octanol–water partition coefficient (Wildman–Crippen LogP) is 3.46. The van der Waals surface area contributed by atoms with E-state index in [4.69, 9.17) is 9.15 Å². The number of amides is 2. The predicted molar refractivity (Wildman–Crippen MR) is 103 cm³/mol. The number of carbonyl (C=O) groups excluding carboxylic acids is 2. The molecule has 3 rings (SSSR count). The first-order valence-corrected chi connectivity index (χ1v) is 9.08. The molecule has 0 atom stereocenters. The van der Waals surface area contributed by atoms with Crippen LogP contribution in [0.4, 0.5) is 5.69 Å². The molecule has 1 aromatic carbocycles. The fraction of sp³-hybridized carbons (Fsp3) is 0.429. The highest BCUT2D eigenvalue weighted by atomic mass is 16.5. The lowest BCUT2D eigenvalue weighted by Gasteiger charge is -2.25. The summed E-state index contributed by atoms with van der Waals surface area (Å²) in [7, 11) is 1.52. The number of rotatable bonds is 4. The van der Waals surface area contributed by atoms with Crippen molar-refractivity contribution in [3.05, 3.63) is 41.7 Å². The molecule has 1 N–H and O–H groups in total. The maximum Gasteiger partial charge on any atom is 0.248 e. The molecule has 0 spiro atoms. The molecule has 6 nitrogen and oxygen atoms in total. The summed E-state index contributed by atoms with van der Waals surface area (Å²) in [6.45, 7) is 6.92. The van der Waals surface area contributed by atoms with Crippen molar-refractivity contribution in [1.82, 2.24) is 4.90 Å². The maximum absolute atomic E-state index is 12.1. The second-order valence-electron chi connectivity index (χ2n) is 7.84. The van der Waals surface area contributed by atoms with Gasteiger partial charge in [0.25, 0.3) is 0 Å². The van der Waals surface area contributed by atoms with E-state index in [1.54, 1.807) is 4.90 Å². The summed E-state index contributed by atoms with van der Waals surface area (Å²) in [6.07, 6.45) is 0.699. The van der Waals surface area contributed by atoms with Crippen LogP contribution in [0.15, 0.2) is 34.7 Å². The molecule has 0 unspecified atom stereocenters. The number of benzene rings is 1. The lowest BCUT2D eigenvalue weighted by atomic mass is 9.95. The maximum atomic E-state index is 12.1. The lowest BCUT2D eigenvalue weighted by molar-refractivity contribution is -0.136. The minimum atomic E-state index is -0.440. The molecule has 2 amide bonds. The zero-order valence-electron chi connectivity index (χ0n) is 16.3. The number of methoxy groups -OCH3 is 1. The quantitative estimate of drug-likeness (QED) is 0.895. The molecule has 0 saturated heterocycles. The Bertz CT molecular complexity index is 831. The zero-order chi connectivity index (χ0) is 19.6. The van der Waals surface area contributed by atoms with E-state index in [2.05, 4.69) is 5.32 Å². The Labute approximate surface area is 159 Å². The number of carbonyl (C=O) groups is 2. The van der Waals surface area contributed by atoms with Crippen molar-refractivity contribution in [1.29, 1.82) is 0 Å². The second-order valence-corrected chi connectivity index (χ2v) is 7.84. The summed E-state index contributed by atoms with van der Waals surface area (Å²) in [5, 5.41) is 2.91. The highest BCUT2D eigenvalue weighted by molar-refractivity contribution is 5.94. The van der Waals surface area contributed by atoms with Crippen LogP contribution in [0.2, 0.25) is 0 Å². The van der Waals surface area contributed by atoms with Crippen LogP contribution in [0, 0.1) is 5.41 Å². The highest BCUT2D eigenvalue weighted by Gasteiger charge is 2.24. The number of furan rings is 1. The molecule has 27 heavy (non-hydrogen) atoms. The van der Waals surface area contributed by atoms with Crippen molar-refractivity contribution < 1.29 is 18.7 Å². The van der Waals surface area contributed by atoms with E-state index in [1.165, 1.54) is 7.11 Å². The minimum Gasteiger partial charge on any atom is -0.461 e. The van der Waals surface area contributed by atoms with Crippen LogP contribution < -0.4 is 5.32 Å². The lowest BCUT2D eigenvalue weighted by Crippen LogP contribution is -2.37. The van der Waals surface area contributed by atoms with E-state index in [9.17, 15) is 9.59 Å².